The molecule has 0 amide bonds. The predicted octanol–water partition coefficient (Wildman–Crippen LogP) is 1.78. The van der Waals surface area contributed by atoms with Gasteiger partial charge >= 0.3 is 0 Å². The Morgan fingerprint density at radius 2 is 2.07 bits per heavy atom. The Kier molecular flexibility index (Phi) is 2.91. The number of anilines is 1. The third kappa shape index (κ3) is 2.29. The van der Waals surface area contributed by atoms with Crippen LogP contribution < -0.4 is 5.73 Å². The number of piperidine rings is 1. The Balaban J connectivity index is 2.12. The zero-order chi connectivity index (χ0) is 10.8. The van der Waals surface area contributed by atoms with Gasteiger partial charge in [-0.25, -0.2) is 0 Å². The standard InChI is InChI=1S/C12H19N3/c1-9-12(13)7-11(8-14-9)10-3-5-15(2)6-4-10/h7-8,10H,3-6,13H2,1-2H3. The second-order valence-corrected chi connectivity index (χ2v) is 4.52. The van der Waals surface area contributed by atoms with Crippen molar-refractivity contribution >= 4 is 5.69 Å². The normalized spacial score (nSPS) is 19.3. The molecule has 1 fully saturated rings. The summed E-state index contributed by atoms with van der Waals surface area (Å²) in [4.78, 5) is 6.71. The van der Waals surface area contributed by atoms with Crippen LogP contribution >= 0.6 is 0 Å². The highest BCUT2D eigenvalue weighted by Gasteiger charge is 2.18. The average molecular weight is 205 g/mol. The molecule has 0 atom stereocenters. The van der Waals surface area contributed by atoms with Crippen molar-refractivity contribution in [3.05, 3.63) is 23.5 Å². The minimum Gasteiger partial charge on any atom is -0.397 e. The maximum atomic E-state index is 5.88. The summed E-state index contributed by atoms with van der Waals surface area (Å²) < 4.78 is 0. The van der Waals surface area contributed by atoms with E-state index < -0.39 is 0 Å². The maximum Gasteiger partial charge on any atom is 0.0601 e. The molecule has 1 aromatic heterocycles. The number of nitrogens with two attached hydrogens (primary N) is 1. The summed E-state index contributed by atoms with van der Waals surface area (Å²) in [7, 11) is 2.18. The molecule has 1 aliphatic rings. The number of hydrogen-bond donors (Lipinski definition) is 1. The van der Waals surface area contributed by atoms with Crippen LogP contribution in [0.4, 0.5) is 5.69 Å². The van der Waals surface area contributed by atoms with Crippen LogP contribution in [0, 0.1) is 6.92 Å². The van der Waals surface area contributed by atoms with Crippen molar-refractivity contribution in [2.75, 3.05) is 25.9 Å². The lowest BCUT2D eigenvalue weighted by atomic mass is 9.90. The zero-order valence-electron chi connectivity index (χ0n) is 9.53. The number of rotatable bonds is 1. The van der Waals surface area contributed by atoms with Crippen molar-refractivity contribution in [1.29, 1.82) is 0 Å². The average Bonchev–Trinajstić information content (AvgIpc) is 2.23. The van der Waals surface area contributed by atoms with Gasteiger partial charge in [0.1, 0.15) is 0 Å². The van der Waals surface area contributed by atoms with Gasteiger partial charge in [0.2, 0.25) is 0 Å². The largest absolute Gasteiger partial charge is 0.397 e. The quantitative estimate of drug-likeness (QED) is 0.760. The van der Waals surface area contributed by atoms with E-state index >= 15 is 0 Å². The first-order valence-corrected chi connectivity index (χ1v) is 5.57. The van der Waals surface area contributed by atoms with E-state index in [1.165, 1.54) is 31.5 Å². The minimum absolute atomic E-state index is 0.650. The van der Waals surface area contributed by atoms with Crippen molar-refractivity contribution in [3.8, 4) is 0 Å². The van der Waals surface area contributed by atoms with Crippen LogP contribution in [0.2, 0.25) is 0 Å². The fraction of sp³-hybridized carbons (Fsp3) is 0.583. The van der Waals surface area contributed by atoms with Gasteiger partial charge in [-0.15, -0.1) is 0 Å². The highest BCUT2D eigenvalue weighted by molar-refractivity contribution is 5.44. The summed E-state index contributed by atoms with van der Waals surface area (Å²) in [6.45, 7) is 4.31. The van der Waals surface area contributed by atoms with Crippen LogP contribution in [0.15, 0.2) is 12.3 Å². The van der Waals surface area contributed by atoms with E-state index in [4.69, 9.17) is 5.73 Å². The summed E-state index contributed by atoms with van der Waals surface area (Å²) in [5, 5.41) is 0. The van der Waals surface area contributed by atoms with Gasteiger partial charge < -0.3 is 10.6 Å². The first kappa shape index (κ1) is 10.4. The van der Waals surface area contributed by atoms with Crippen molar-refractivity contribution in [3.63, 3.8) is 0 Å². The van der Waals surface area contributed by atoms with E-state index in [0.717, 1.165) is 11.4 Å². The van der Waals surface area contributed by atoms with Gasteiger partial charge in [-0.2, -0.15) is 0 Å². The zero-order valence-corrected chi connectivity index (χ0v) is 9.53. The number of aromatic nitrogens is 1. The lowest BCUT2D eigenvalue weighted by molar-refractivity contribution is 0.255. The van der Waals surface area contributed by atoms with Crippen molar-refractivity contribution < 1.29 is 0 Å². The molecule has 2 N–H and O–H groups in total. The Morgan fingerprint density at radius 3 is 2.67 bits per heavy atom. The number of nitrogens with zero attached hydrogens (tertiary/aromatic N) is 2. The number of pyridine rings is 1. The molecular formula is C12H19N3. The van der Waals surface area contributed by atoms with Gasteiger partial charge in [-0.3, -0.25) is 4.98 Å². The highest BCUT2D eigenvalue weighted by atomic mass is 15.1. The number of nitrogen functional groups attached to an aromatic ring is 1. The number of aryl methyl sites for hydroxylation is 1. The molecule has 1 aromatic rings. The summed E-state index contributed by atoms with van der Waals surface area (Å²) in [6, 6.07) is 2.10. The third-order valence-electron chi connectivity index (χ3n) is 3.34. The fourth-order valence-electron chi connectivity index (χ4n) is 2.13. The van der Waals surface area contributed by atoms with E-state index in [2.05, 4.69) is 23.0 Å². The van der Waals surface area contributed by atoms with E-state index in [0.29, 0.717) is 5.92 Å². The molecule has 1 saturated heterocycles. The molecule has 0 unspecified atom stereocenters. The van der Waals surface area contributed by atoms with Crippen molar-refractivity contribution in [1.82, 2.24) is 9.88 Å². The van der Waals surface area contributed by atoms with Crippen molar-refractivity contribution in [2.45, 2.75) is 25.7 Å². The van der Waals surface area contributed by atoms with Gasteiger partial charge in [0.25, 0.3) is 0 Å². The van der Waals surface area contributed by atoms with Gasteiger partial charge in [0.15, 0.2) is 0 Å². The van der Waals surface area contributed by atoms with Gasteiger partial charge in [0.05, 0.1) is 11.4 Å². The van der Waals surface area contributed by atoms with Gasteiger partial charge in [-0.05, 0) is 57.5 Å². The molecule has 0 spiro atoms. The van der Waals surface area contributed by atoms with Crippen LogP contribution in [0.3, 0.4) is 0 Å². The van der Waals surface area contributed by atoms with Gasteiger partial charge in [-0.1, -0.05) is 0 Å². The van der Waals surface area contributed by atoms with Crippen LogP contribution in [-0.4, -0.2) is 30.0 Å². The number of hydrogen-bond acceptors (Lipinski definition) is 3. The molecule has 0 bridgehead atoms. The van der Waals surface area contributed by atoms with Crippen LogP contribution in [0.25, 0.3) is 0 Å². The summed E-state index contributed by atoms with van der Waals surface area (Å²) in [5.41, 5.74) is 8.96. The maximum absolute atomic E-state index is 5.88. The topological polar surface area (TPSA) is 42.2 Å². The first-order chi connectivity index (χ1) is 7.16. The lowest BCUT2D eigenvalue weighted by Gasteiger charge is -2.29. The second kappa shape index (κ2) is 4.19. The monoisotopic (exact) mass is 205 g/mol. The molecule has 0 saturated carbocycles. The predicted molar refractivity (Wildman–Crippen MR) is 62.9 cm³/mol. The van der Waals surface area contributed by atoms with E-state index in [1.807, 2.05) is 13.1 Å². The molecule has 0 radical (unpaired) electrons. The number of likely N-dealkylation sites (tertiary alicyclic amines) is 1. The van der Waals surface area contributed by atoms with Crippen molar-refractivity contribution in [2.24, 2.45) is 0 Å². The summed E-state index contributed by atoms with van der Waals surface area (Å²) in [6.07, 6.45) is 4.43. The van der Waals surface area contributed by atoms with Gasteiger partial charge in [0, 0.05) is 6.20 Å². The first-order valence-electron chi connectivity index (χ1n) is 5.57. The minimum atomic E-state index is 0.650. The van der Waals surface area contributed by atoms with Crippen LogP contribution in [0.5, 0.6) is 0 Å². The summed E-state index contributed by atoms with van der Waals surface area (Å²) in [5.74, 6) is 0.650. The Hall–Kier alpha value is -1.09. The van der Waals surface area contributed by atoms with Crippen LogP contribution in [-0.2, 0) is 0 Å². The Bertz CT molecular complexity index is 341. The van der Waals surface area contributed by atoms with E-state index in [9.17, 15) is 0 Å². The lowest BCUT2D eigenvalue weighted by Crippen LogP contribution is -2.29. The van der Waals surface area contributed by atoms with E-state index in [1.54, 1.807) is 0 Å². The molecule has 82 valence electrons. The third-order valence-corrected chi connectivity index (χ3v) is 3.34. The SMILES string of the molecule is Cc1ncc(C2CCN(C)CC2)cc1N. The molecule has 2 heterocycles. The molecule has 2 rings (SSSR count). The summed E-state index contributed by atoms with van der Waals surface area (Å²) >= 11 is 0. The molecular weight excluding hydrogens is 186 g/mol. The van der Waals surface area contributed by atoms with E-state index in [-0.39, 0.29) is 0 Å². The fourth-order valence-corrected chi connectivity index (χ4v) is 2.13. The molecule has 0 aliphatic carbocycles. The Morgan fingerprint density at radius 1 is 1.40 bits per heavy atom. The molecule has 3 heteroatoms. The van der Waals surface area contributed by atoms with Crippen LogP contribution in [0.1, 0.15) is 30.0 Å². The molecule has 0 aromatic carbocycles. The Labute approximate surface area is 91.3 Å². The smallest absolute Gasteiger partial charge is 0.0601 e. The molecule has 1 aliphatic heterocycles. The molecule has 3 nitrogen and oxygen atoms in total. The second-order valence-electron chi connectivity index (χ2n) is 4.52. The molecule has 15 heavy (non-hydrogen) atoms. The highest BCUT2D eigenvalue weighted by Crippen LogP contribution is 2.28.